The van der Waals surface area contributed by atoms with Crippen LogP contribution in [0, 0.1) is 0 Å². The smallest absolute Gasteiger partial charge is 0.154 e. The number of benzene rings is 1. The Bertz CT molecular complexity index is 383. The zero-order valence-electron chi connectivity index (χ0n) is 9.83. The molecule has 1 aromatic carbocycles. The Hall–Kier alpha value is -0.670. The molecular weight excluding hydrogens is 240 g/mol. The second-order valence-electron chi connectivity index (χ2n) is 4.50. The van der Waals surface area contributed by atoms with E-state index in [1.165, 1.54) is 11.8 Å². The van der Waals surface area contributed by atoms with Crippen molar-refractivity contribution < 1.29 is 0 Å². The van der Waals surface area contributed by atoms with Gasteiger partial charge in [-0.15, -0.1) is 0 Å². The summed E-state index contributed by atoms with van der Waals surface area (Å²) in [5, 5.41) is 1.38. The molecule has 0 aliphatic heterocycles. The summed E-state index contributed by atoms with van der Waals surface area (Å²) in [6.07, 6.45) is 0. The van der Waals surface area contributed by atoms with Gasteiger partial charge in [-0.2, -0.15) is 0 Å². The zero-order chi connectivity index (χ0) is 12.2. The molecule has 0 bridgehead atoms. The molecule has 0 amide bonds. The summed E-state index contributed by atoms with van der Waals surface area (Å²) in [4.78, 5) is 4.37. The summed E-state index contributed by atoms with van der Waals surface area (Å²) in [5.41, 5.74) is 6.78. The zero-order valence-corrected chi connectivity index (χ0v) is 11.4. The number of nitrogens with zero attached hydrogens (tertiary/aromatic N) is 1. The summed E-state index contributed by atoms with van der Waals surface area (Å²) in [7, 11) is 0. The molecule has 2 N–H and O–H groups in total. The quantitative estimate of drug-likeness (QED) is 0.648. The van der Waals surface area contributed by atoms with Crippen LogP contribution >= 0.6 is 23.4 Å². The number of halogens is 1. The topological polar surface area (TPSA) is 38.4 Å². The molecule has 0 saturated carbocycles. The second-order valence-corrected chi connectivity index (χ2v) is 5.90. The van der Waals surface area contributed by atoms with E-state index in [0.29, 0.717) is 5.17 Å². The van der Waals surface area contributed by atoms with Gasteiger partial charge < -0.3 is 5.73 Å². The van der Waals surface area contributed by atoms with Gasteiger partial charge in [-0.05, 0) is 32.4 Å². The first-order chi connectivity index (χ1) is 7.38. The van der Waals surface area contributed by atoms with Crippen LogP contribution in [0.4, 0.5) is 0 Å². The van der Waals surface area contributed by atoms with Crippen LogP contribution in [-0.2, 0) is 5.75 Å². The summed E-state index contributed by atoms with van der Waals surface area (Å²) >= 11 is 7.56. The Morgan fingerprint density at radius 2 is 2.00 bits per heavy atom. The molecule has 1 rings (SSSR count). The van der Waals surface area contributed by atoms with Gasteiger partial charge in [0.2, 0.25) is 0 Å². The number of hydrogen-bond donors (Lipinski definition) is 1. The summed E-state index contributed by atoms with van der Waals surface area (Å²) in [6, 6.07) is 7.77. The van der Waals surface area contributed by atoms with E-state index in [2.05, 4.69) is 4.99 Å². The molecule has 0 spiro atoms. The maximum absolute atomic E-state index is 6.05. The predicted octanol–water partition coefficient (Wildman–Crippen LogP) is 3.69. The first kappa shape index (κ1) is 13.4. The molecule has 0 aliphatic rings. The maximum Gasteiger partial charge on any atom is 0.154 e. The van der Waals surface area contributed by atoms with Crippen molar-refractivity contribution in [3.63, 3.8) is 0 Å². The van der Waals surface area contributed by atoms with Crippen LogP contribution in [0.25, 0.3) is 0 Å². The van der Waals surface area contributed by atoms with Crippen molar-refractivity contribution in [3.8, 4) is 0 Å². The first-order valence-electron chi connectivity index (χ1n) is 5.10. The molecule has 16 heavy (non-hydrogen) atoms. The van der Waals surface area contributed by atoms with Crippen LogP contribution in [0.15, 0.2) is 29.3 Å². The van der Waals surface area contributed by atoms with Crippen LogP contribution < -0.4 is 5.73 Å². The van der Waals surface area contributed by atoms with E-state index in [-0.39, 0.29) is 5.54 Å². The molecule has 0 heterocycles. The molecule has 0 radical (unpaired) electrons. The molecule has 0 aromatic heterocycles. The van der Waals surface area contributed by atoms with E-state index in [9.17, 15) is 0 Å². The normalized spacial score (nSPS) is 12.9. The fourth-order valence-corrected chi connectivity index (χ4v) is 2.31. The number of hydrogen-bond acceptors (Lipinski definition) is 2. The van der Waals surface area contributed by atoms with Crippen molar-refractivity contribution in [2.45, 2.75) is 32.1 Å². The maximum atomic E-state index is 6.05. The number of thioether (sulfide) groups is 1. The molecule has 0 fully saturated rings. The second kappa shape index (κ2) is 5.60. The Labute approximate surface area is 106 Å². The van der Waals surface area contributed by atoms with Gasteiger partial charge in [-0.1, -0.05) is 41.6 Å². The molecule has 0 saturated heterocycles. The van der Waals surface area contributed by atoms with E-state index in [1.807, 2.05) is 45.0 Å². The summed E-state index contributed by atoms with van der Waals surface area (Å²) in [6.45, 7) is 6.07. The van der Waals surface area contributed by atoms with Crippen molar-refractivity contribution in [1.82, 2.24) is 0 Å². The lowest BCUT2D eigenvalue weighted by Gasteiger charge is -2.13. The van der Waals surface area contributed by atoms with Gasteiger partial charge in [0.1, 0.15) is 0 Å². The van der Waals surface area contributed by atoms with Gasteiger partial charge in [-0.25, -0.2) is 0 Å². The first-order valence-corrected chi connectivity index (χ1v) is 6.46. The lowest BCUT2D eigenvalue weighted by Crippen LogP contribution is -2.17. The molecule has 4 heteroatoms. The standard InChI is InChI=1S/C12H17ClN2S/c1-12(2,3)15-11(14)16-8-9-6-4-5-7-10(9)13/h4-7H,8H2,1-3H3,(H2,14,15). The minimum absolute atomic E-state index is 0.127. The molecule has 88 valence electrons. The van der Waals surface area contributed by atoms with Crippen LogP contribution in [0.5, 0.6) is 0 Å². The van der Waals surface area contributed by atoms with Gasteiger partial charge >= 0.3 is 0 Å². The minimum Gasteiger partial charge on any atom is -0.379 e. The number of aliphatic imine (C=N–C) groups is 1. The van der Waals surface area contributed by atoms with Gasteiger partial charge in [0, 0.05) is 10.8 Å². The van der Waals surface area contributed by atoms with Gasteiger partial charge in [0.05, 0.1) is 5.54 Å². The van der Waals surface area contributed by atoms with Crippen LogP contribution in [0.3, 0.4) is 0 Å². The Kier molecular flexibility index (Phi) is 4.69. The van der Waals surface area contributed by atoms with Crippen LogP contribution in [0.1, 0.15) is 26.3 Å². The van der Waals surface area contributed by atoms with Crippen molar-refractivity contribution in [2.75, 3.05) is 0 Å². The van der Waals surface area contributed by atoms with Crippen LogP contribution in [-0.4, -0.2) is 10.7 Å². The van der Waals surface area contributed by atoms with Crippen molar-refractivity contribution in [2.24, 2.45) is 10.7 Å². The van der Waals surface area contributed by atoms with Crippen molar-refractivity contribution in [1.29, 1.82) is 0 Å². The molecular formula is C12H17ClN2S. The number of nitrogens with two attached hydrogens (primary N) is 1. The third-order valence-corrected chi connectivity index (χ3v) is 2.99. The molecule has 0 unspecified atom stereocenters. The van der Waals surface area contributed by atoms with Crippen molar-refractivity contribution in [3.05, 3.63) is 34.9 Å². The van der Waals surface area contributed by atoms with Gasteiger partial charge in [0.15, 0.2) is 5.17 Å². The highest BCUT2D eigenvalue weighted by Gasteiger charge is 2.08. The highest BCUT2D eigenvalue weighted by atomic mass is 35.5. The van der Waals surface area contributed by atoms with E-state index < -0.39 is 0 Å². The highest BCUT2D eigenvalue weighted by molar-refractivity contribution is 8.13. The third kappa shape index (κ3) is 4.90. The number of rotatable bonds is 2. The summed E-state index contributed by atoms with van der Waals surface area (Å²) in [5.74, 6) is 0.755. The van der Waals surface area contributed by atoms with E-state index in [4.69, 9.17) is 17.3 Å². The highest BCUT2D eigenvalue weighted by Crippen LogP contribution is 2.21. The van der Waals surface area contributed by atoms with E-state index in [1.54, 1.807) is 0 Å². The minimum atomic E-state index is -0.127. The molecule has 1 aromatic rings. The molecule has 0 atom stereocenters. The Balaban J connectivity index is 2.59. The largest absolute Gasteiger partial charge is 0.379 e. The van der Waals surface area contributed by atoms with Crippen LogP contribution in [0.2, 0.25) is 5.02 Å². The Morgan fingerprint density at radius 3 is 2.56 bits per heavy atom. The average molecular weight is 257 g/mol. The molecule has 2 nitrogen and oxygen atoms in total. The van der Waals surface area contributed by atoms with E-state index >= 15 is 0 Å². The molecule has 0 aliphatic carbocycles. The van der Waals surface area contributed by atoms with Gasteiger partial charge in [-0.3, -0.25) is 4.99 Å². The SMILES string of the molecule is CC(C)(C)N=C(N)SCc1ccccc1Cl. The fraction of sp³-hybridized carbons (Fsp3) is 0.417. The third-order valence-electron chi connectivity index (χ3n) is 1.78. The lowest BCUT2D eigenvalue weighted by molar-refractivity contribution is 0.585. The van der Waals surface area contributed by atoms with Crippen molar-refractivity contribution >= 4 is 28.5 Å². The monoisotopic (exact) mass is 256 g/mol. The predicted molar refractivity (Wildman–Crippen MR) is 74.1 cm³/mol. The van der Waals surface area contributed by atoms with E-state index in [0.717, 1.165) is 16.3 Å². The Morgan fingerprint density at radius 1 is 1.38 bits per heavy atom. The summed E-state index contributed by atoms with van der Waals surface area (Å²) < 4.78 is 0. The fourth-order valence-electron chi connectivity index (χ4n) is 1.13. The lowest BCUT2D eigenvalue weighted by atomic mass is 10.1. The van der Waals surface area contributed by atoms with Gasteiger partial charge in [0.25, 0.3) is 0 Å². The average Bonchev–Trinajstić information content (AvgIpc) is 2.14. The number of amidine groups is 1.